The van der Waals surface area contributed by atoms with Gasteiger partial charge in [0.1, 0.15) is 5.03 Å². The number of thioether (sulfide) groups is 1. The molecule has 2 aromatic rings. The topological polar surface area (TPSA) is 54.9 Å². The van der Waals surface area contributed by atoms with E-state index < -0.39 is 0 Å². The van der Waals surface area contributed by atoms with Gasteiger partial charge in [0.05, 0.1) is 11.9 Å². The second-order valence-electron chi connectivity index (χ2n) is 5.32. The number of carbonyl (C=O) groups is 1. The van der Waals surface area contributed by atoms with Crippen molar-refractivity contribution in [1.82, 2.24) is 15.5 Å². The molecule has 0 bridgehead atoms. The molecule has 0 fully saturated rings. The number of fused-ring (bicyclic) bond motifs is 1. The summed E-state index contributed by atoms with van der Waals surface area (Å²) in [6, 6.07) is 7.91. The number of aromatic nitrogens is 2. The number of hydrogen-bond acceptors (Lipinski definition) is 4. The van der Waals surface area contributed by atoms with E-state index >= 15 is 0 Å². The summed E-state index contributed by atoms with van der Waals surface area (Å²) in [5.74, 6) is 0.354. The van der Waals surface area contributed by atoms with Crippen molar-refractivity contribution in [3.63, 3.8) is 0 Å². The summed E-state index contributed by atoms with van der Waals surface area (Å²) in [5.41, 5.74) is -0.206. The summed E-state index contributed by atoms with van der Waals surface area (Å²) >= 11 is 1.41. The molecule has 0 aliphatic carbocycles. The number of rotatable bonds is 3. The molecule has 0 saturated heterocycles. The van der Waals surface area contributed by atoms with Crippen LogP contribution < -0.4 is 5.32 Å². The smallest absolute Gasteiger partial charge is 0.230 e. The van der Waals surface area contributed by atoms with Crippen molar-refractivity contribution in [1.29, 1.82) is 0 Å². The molecule has 100 valence electrons. The standard InChI is InChI=1S/C14H17N3OS/c1-14(2,3)16-12(18)9-19-13-11-7-5-4-6-10(11)8-15-17-13/h4-8H,9H2,1-3H3,(H,16,18). The molecule has 0 atom stereocenters. The third-order valence-corrected chi connectivity index (χ3v) is 3.37. The van der Waals surface area contributed by atoms with Gasteiger partial charge in [-0.25, -0.2) is 0 Å². The Bertz CT molecular complexity index is 587. The van der Waals surface area contributed by atoms with E-state index in [0.717, 1.165) is 15.8 Å². The molecular formula is C14H17N3OS. The van der Waals surface area contributed by atoms with Crippen LogP contribution in [0.3, 0.4) is 0 Å². The Balaban J connectivity index is 2.08. The molecule has 1 aromatic heterocycles. The molecule has 5 heteroatoms. The maximum Gasteiger partial charge on any atom is 0.230 e. The highest BCUT2D eigenvalue weighted by atomic mass is 32.2. The van der Waals surface area contributed by atoms with E-state index in [0.29, 0.717) is 5.75 Å². The van der Waals surface area contributed by atoms with Crippen LogP contribution in [0.25, 0.3) is 10.8 Å². The Labute approximate surface area is 117 Å². The van der Waals surface area contributed by atoms with Gasteiger partial charge in [0.2, 0.25) is 5.91 Å². The molecule has 0 unspecified atom stereocenters. The van der Waals surface area contributed by atoms with Gasteiger partial charge in [-0.15, -0.1) is 5.10 Å². The summed E-state index contributed by atoms with van der Waals surface area (Å²) in [4.78, 5) is 11.8. The highest BCUT2D eigenvalue weighted by molar-refractivity contribution is 8.00. The van der Waals surface area contributed by atoms with Crippen LogP contribution in [0.2, 0.25) is 0 Å². The van der Waals surface area contributed by atoms with E-state index in [9.17, 15) is 4.79 Å². The van der Waals surface area contributed by atoms with Crippen LogP contribution in [-0.2, 0) is 4.79 Å². The molecule has 0 aliphatic heterocycles. The van der Waals surface area contributed by atoms with Gasteiger partial charge in [0.25, 0.3) is 0 Å². The summed E-state index contributed by atoms with van der Waals surface area (Å²) in [6.07, 6.45) is 1.73. The molecule has 0 saturated carbocycles. The van der Waals surface area contributed by atoms with E-state index in [4.69, 9.17) is 0 Å². The zero-order valence-electron chi connectivity index (χ0n) is 11.3. The fourth-order valence-electron chi connectivity index (χ4n) is 1.70. The van der Waals surface area contributed by atoms with Crippen LogP contribution in [0.1, 0.15) is 20.8 Å². The molecule has 1 amide bonds. The average Bonchev–Trinajstić information content (AvgIpc) is 2.34. The molecule has 0 radical (unpaired) electrons. The monoisotopic (exact) mass is 275 g/mol. The Morgan fingerprint density at radius 1 is 1.32 bits per heavy atom. The molecule has 1 aromatic carbocycles. The largest absolute Gasteiger partial charge is 0.351 e. The van der Waals surface area contributed by atoms with Crippen molar-refractivity contribution >= 4 is 28.4 Å². The van der Waals surface area contributed by atoms with Crippen molar-refractivity contribution in [2.45, 2.75) is 31.3 Å². The lowest BCUT2D eigenvalue weighted by atomic mass is 10.1. The quantitative estimate of drug-likeness (QED) is 0.875. The fourth-order valence-corrected chi connectivity index (χ4v) is 2.48. The third-order valence-electron chi connectivity index (χ3n) is 2.39. The van der Waals surface area contributed by atoms with Gasteiger partial charge in [0.15, 0.2) is 0 Å². The highest BCUT2D eigenvalue weighted by Crippen LogP contribution is 2.24. The van der Waals surface area contributed by atoms with Crippen molar-refractivity contribution in [3.8, 4) is 0 Å². The van der Waals surface area contributed by atoms with Gasteiger partial charge >= 0.3 is 0 Å². The number of amides is 1. The lowest BCUT2D eigenvalue weighted by molar-refractivity contribution is -0.119. The zero-order chi connectivity index (χ0) is 13.9. The summed E-state index contributed by atoms with van der Waals surface area (Å²) in [5, 5.41) is 13.9. The highest BCUT2D eigenvalue weighted by Gasteiger charge is 2.14. The minimum Gasteiger partial charge on any atom is -0.351 e. The van der Waals surface area contributed by atoms with E-state index in [2.05, 4.69) is 15.5 Å². The minimum atomic E-state index is -0.206. The van der Waals surface area contributed by atoms with E-state index in [1.165, 1.54) is 11.8 Å². The Morgan fingerprint density at radius 2 is 2.05 bits per heavy atom. The van der Waals surface area contributed by atoms with Crippen LogP contribution >= 0.6 is 11.8 Å². The average molecular weight is 275 g/mol. The van der Waals surface area contributed by atoms with Gasteiger partial charge < -0.3 is 5.32 Å². The predicted octanol–water partition coefficient (Wildman–Crippen LogP) is 2.64. The zero-order valence-corrected chi connectivity index (χ0v) is 12.1. The van der Waals surface area contributed by atoms with Crippen molar-refractivity contribution < 1.29 is 4.79 Å². The fraction of sp³-hybridized carbons (Fsp3) is 0.357. The van der Waals surface area contributed by atoms with Gasteiger partial charge in [0, 0.05) is 16.3 Å². The molecule has 19 heavy (non-hydrogen) atoms. The molecule has 0 aliphatic rings. The lowest BCUT2D eigenvalue weighted by Gasteiger charge is -2.20. The van der Waals surface area contributed by atoms with Gasteiger partial charge in [-0.1, -0.05) is 36.0 Å². The van der Waals surface area contributed by atoms with Crippen LogP contribution in [0.4, 0.5) is 0 Å². The number of hydrogen-bond donors (Lipinski definition) is 1. The van der Waals surface area contributed by atoms with Crippen LogP contribution in [0.15, 0.2) is 35.5 Å². The van der Waals surface area contributed by atoms with E-state index in [-0.39, 0.29) is 11.4 Å². The molecule has 0 spiro atoms. The second kappa shape index (κ2) is 5.57. The predicted molar refractivity (Wildman–Crippen MR) is 78.2 cm³/mol. The molecule has 4 nitrogen and oxygen atoms in total. The maximum absolute atomic E-state index is 11.8. The van der Waals surface area contributed by atoms with Crippen LogP contribution in [-0.4, -0.2) is 27.4 Å². The summed E-state index contributed by atoms with van der Waals surface area (Å²) in [6.45, 7) is 5.90. The van der Waals surface area contributed by atoms with Crippen LogP contribution in [0.5, 0.6) is 0 Å². The lowest BCUT2D eigenvalue weighted by Crippen LogP contribution is -2.41. The number of nitrogens with one attached hydrogen (secondary N) is 1. The third kappa shape index (κ3) is 3.92. The van der Waals surface area contributed by atoms with Gasteiger partial charge in [-0.05, 0) is 20.8 Å². The van der Waals surface area contributed by atoms with Crippen molar-refractivity contribution in [3.05, 3.63) is 30.5 Å². The molecule has 1 heterocycles. The first-order chi connectivity index (χ1) is 8.96. The molecular weight excluding hydrogens is 258 g/mol. The minimum absolute atomic E-state index is 0.00670. The number of nitrogens with zero attached hydrogens (tertiary/aromatic N) is 2. The first-order valence-corrected chi connectivity index (χ1v) is 7.08. The van der Waals surface area contributed by atoms with Gasteiger partial charge in [-0.2, -0.15) is 5.10 Å². The number of carbonyl (C=O) groups excluding carboxylic acids is 1. The Hall–Kier alpha value is -1.62. The van der Waals surface area contributed by atoms with Gasteiger partial charge in [-0.3, -0.25) is 4.79 Å². The maximum atomic E-state index is 11.8. The Morgan fingerprint density at radius 3 is 2.79 bits per heavy atom. The normalized spacial score (nSPS) is 11.5. The Kier molecular flexibility index (Phi) is 4.04. The SMILES string of the molecule is CC(C)(C)NC(=O)CSc1nncc2ccccc12. The first kappa shape index (κ1) is 13.8. The molecule has 2 rings (SSSR count). The summed E-state index contributed by atoms with van der Waals surface area (Å²) < 4.78 is 0. The van der Waals surface area contributed by atoms with Crippen molar-refractivity contribution in [2.24, 2.45) is 0 Å². The van der Waals surface area contributed by atoms with Crippen LogP contribution in [0, 0.1) is 0 Å². The van der Waals surface area contributed by atoms with Crippen molar-refractivity contribution in [2.75, 3.05) is 5.75 Å². The summed E-state index contributed by atoms with van der Waals surface area (Å²) in [7, 11) is 0. The second-order valence-corrected chi connectivity index (χ2v) is 6.29. The van der Waals surface area contributed by atoms with E-state index in [1.54, 1.807) is 6.20 Å². The van der Waals surface area contributed by atoms with E-state index in [1.807, 2.05) is 45.0 Å². The number of benzene rings is 1. The first-order valence-electron chi connectivity index (χ1n) is 6.10. The molecule has 1 N–H and O–H groups in total.